The highest BCUT2D eigenvalue weighted by molar-refractivity contribution is 7.14. The number of thiazole rings is 1. The molecule has 170 valence electrons. The minimum absolute atomic E-state index is 0.00218. The van der Waals surface area contributed by atoms with Crippen LogP contribution < -0.4 is 5.32 Å². The summed E-state index contributed by atoms with van der Waals surface area (Å²) in [7, 11) is 0. The minimum Gasteiger partial charge on any atom is -0.342 e. The summed E-state index contributed by atoms with van der Waals surface area (Å²) in [5, 5.41) is 16.0. The monoisotopic (exact) mass is 458 g/mol. The van der Waals surface area contributed by atoms with E-state index in [1.165, 1.54) is 23.5 Å². The minimum atomic E-state index is -0.444. The van der Waals surface area contributed by atoms with Gasteiger partial charge in [-0.3, -0.25) is 29.5 Å². The molecule has 0 saturated carbocycles. The number of nitro groups is 1. The molecule has 0 radical (unpaired) electrons. The molecule has 2 saturated heterocycles. The molecule has 0 spiro atoms. The number of likely N-dealkylation sites (tertiary alicyclic amines) is 1. The lowest BCUT2D eigenvalue weighted by Gasteiger charge is -2.34. The summed E-state index contributed by atoms with van der Waals surface area (Å²) >= 11 is 1.29. The standard InChI is InChI=1S/C21H26N6O4S/c28-19(13-24-8-10-25(11-9-24)14-20(29)26-6-1-2-7-26)23-21-22-18(15-32-21)16-4-3-5-17(12-16)27(30)31/h3-5,12,15H,1-2,6-11,13-14H2,(H,22,23,28). The van der Waals surface area contributed by atoms with Crippen molar-refractivity contribution in [3.05, 3.63) is 39.8 Å². The number of amides is 2. The number of non-ortho nitro benzene ring substituents is 1. The van der Waals surface area contributed by atoms with Crippen molar-refractivity contribution in [1.29, 1.82) is 0 Å². The first kappa shape index (κ1) is 22.3. The summed E-state index contributed by atoms with van der Waals surface area (Å²) < 4.78 is 0. The van der Waals surface area contributed by atoms with E-state index >= 15 is 0 Å². The van der Waals surface area contributed by atoms with Crippen LogP contribution in [0.5, 0.6) is 0 Å². The Hall–Kier alpha value is -2.89. The zero-order valence-electron chi connectivity index (χ0n) is 17.7. The van der Waals surface area contributed by atoms with E-state index in [-0.39, 0.29) is 24.0 Å². The van der Waals surface area contributed by atoms with Crippen LogP contribution in [0.25, 0.3) is 11.3 Å². The Bertz CT molecular complexity index is 982. The number of carbonyl (C=O) groups is 2. The van der Waals surface area contributed by atoms with E-state index in [9.17, 15) is 19.7 Å². The smallest absolute Gasteiger partial charge is 0.270 e. The highest BCUT2D eigenvalue weighted by Crippen LogP contribution is 2.27. The lowest BCUT2D eigenvalue weighted by Crippen LogP contribution is -2.51. The lowest BCUT2D eigenvalue weighted by atomic mass is 10.1. The van der Waals surface area contributed by atoms with E-state index in [0.717, 1.165) is 52.1 Å². The Labute approximate surface area is 190 Å². The van der Waals surface area contributed by atoms with Crippen LogP contribution in [0.3, 0.4) is 0 Å². The highest BCUT2D eigenvalue weighted by atomic mass is 32.1. The van der Waals surface area contributed by atoms with Gasteiger partial charge in [0.2, 0.25) is 11.8 Å². The van der Waals surface area contributed by atoms with Crippen LogP contribution in [-0.2, 0) is 9.59 Å². The van der Waals surface area contributed by atoms with E-state index in [1.54, 1.807) is 17.5 Å². The van der Waals surface area contributed by atoms with Crippen LogP contribution in [0.2, 0.25) is 0 Å². The van der Waals surface area contributed by atoms with E-state index in [2.05, 4.69) is 20.1 Å². The quantitative estimate of drug-likeness (QED) is 0.498. The SMILES string of the molecule is O=C(CN1CCN(CC(=O)N2CCCC2)CC1)Nc1nc(-c2cccc([N+](=O)[O-])c2)cs1. The topological polar surface area (TPSA) is 112 Å². The van der Waals surface area contributed by atoms with Crippen molar-refractivity contribution in [2.75, 3.05) is 57.7 Å². The van der Waals surface area contributed by atoms with Gasteiger partial charge in [0, 0.05) is 62.3 Å². The van der Waals surface area contributed by atoms with Gasteiger partial charge in [-0.25, -0.2) is 4.98 Å². The Balaban J connectivity index is 1.23. The second kappa shape index (κ2) is 10.2. The number of nitrogens with zero attached hydrogens (tertiary/aromatic N) is 5. The number of nitrogens with one attached hydrogen (secondary N) is 1. The fraction of sp³-hybridized carbons (Fsp3) is 0.476. The molecule has 10 nitrogen and oxygen atoms in total. The number of aromatic nitrogens is 1. The molecule has 1 aromatic heterocycles. The van der Waals surface area contributed by atoms with Gasteiger partial charge in [-0.1, -0.05) is 12.1 Å². The molecule has 2 aromatic rings. The van der Waals surface area contributed by atoms with Crippen LogP contribution in [0.15, 0.2) is 29.6 Å². The summed E-state index contributed by atoms with van der Waals surface area (Å²) in [6.45, 7) is 5.47. The summed E-state index contributed by atoms with van der Waals surface area (Å²) in [6.07, 6.45) is 2.20. The number of piperazine rings is 1. The van der Waals surface area contributed by atoms with Gasteiger partial charge in [-0.2, -0.15) is 0 Å². The summed E-state index contributed by atoms with van der Waals surface area (Å²) in [5.41, 5.74) is 1.23. The molecule has 11 heteroatoms. The fourth-order valence-electron chi connectivity index (χ4n) is 3.97. The normalized spacial score (nSPS) is 17.4. The third kappa shape index (κ3) is 5.67. The van der Waals surface area contributed by atoms with E-state index in [0.29, 0.717) is 22.9 Å². The van der Waals surface area contributed by atoms with Gasteiger partial charge in [0.25, 0.3) is 5.69 Å². The van der Waals surface area contributed by atoms with Crippen molar-refractivity contribution < 1.29 is 14.5 Å². The molecular formula is C21H26N6O4S. The van der Waals surface area contributed by atoms with Gasteiger partial charge in [-0.05, 0) is 12.8 Å². The molecule has 32 heavy (non-hydrogen) atoms. The Kier molecular flexibility index (Phi) is 7.08. The predicted molar refractivity (Wildman–Crippen MR) is 122 cm³/mol. The largest absolute Gasteiger partial charge is 0.342 e. The zero-order valence-corrected chi connectivity index (χ0v) is 18.6. The molecule has 2 amide bonds. The van der Waals surface area contributed by atoms with Crippen LogP contribution in [0.1, 0.15) is 12.8 Å². The average Bonchev–Trinajstić information content (AvgIpc) is 3.48. The molecule has 1 N–H and O–H groups in total. The maximum Gasteiger partial charge on any atom is 0.270 e. The van der Waals surface area contributed by atoms with Crippen molar-refractivity contribution >= 4 is 34.0 Å². The maximum absolute atomic E-state index is 12.5. The molecule has 0 aliphatic carbocycles. The van der Waals surface area contributed by atoms with E-state index in [4.69, 9.17) is 0 Å². The third-order valence-corrected chi connectivity index (χ3v) is 6.51. The second-order valence-corrected chi connectivity index (χ2v) is 8.89. The van der Waals surface area contributed by atoms with Gasteiger partial charge in [0.05, 0.1) is 23.7 Å². The molecule has 2 aliphatic rings. The summed E-state index contributed by atoms with van der Waals surface area (Å²) in [5.74, 6) is 0.0588. The highest BCUT2D eigenvalue weighted by Gasteiger charge is 2.24. The van der Waals surface area contributed by atoms with Crippen molar-refractivity contribution in [2.45, 2.75) is 12.8 Å². The number of rotatable bonds is 7. The van der Waals surface area contributed by atoms with Crippen LogP contribution in [0.4, 0.5) is 10.8 Å². The molecular weight excluding hydrogens is 432 g/mol. The Morgan fingerprint density at radius 2 is 1.75 bits per heavy atom. The maximum atomic E-state index is 12.5. The molecule has 0 atom stereocenters. The fourth-order valence-corrected chi connectivity index (χ4v) is 4.70. The first-order valence-corrected chi connectivity index (χ1v) is 11.6. The van der Waals surface area contributed by atoms with Crippen molar-refractivity contribution in [3.63, 3.8) is 0 Å². The second-order valence-electron chi connectivity index (χ2n) is 8.03. The number of benzene rings is 1. The molecule has 3 heterocycles. The van der Waals surface area contributed by atoms with Gasteiger partial charge in [0.1, 0.15) is 0 Å². The van der Waals surface area contributed by atoms with Gasteiger partial charge >= 0.3 is 0 Å². The summed E-state index contributed by atoms with van der Waals surface area (Å²) in [6, 6.07) is 6.26. The van der Waals surface area contributed by atoms with Crippen LogP contribution >= 0.6 is 11.3 Å². The molecule has 2 fully saturated rings. The lowest BCUT2D eigenvalue weighted by molar-refractivity contribution is -0.384. The molecule has 0 unspecified atom stereocenters. The van der Waals surface area contributed by atoms with Gasteiger partial charge in [-0.15, -0.1) is 11.3 Å². The molecule has 4 rings (SSSR count). The van der Waals surface area contributed by atoms with Crippen molar-refractivity contribution in [1.82, 2.24) is 19.7 Å². The first-order valence-electron chi connectivity index (χ1n) is 10.7. The number of nitro benzene ring substituents is 1. The molecule has 0 bridgehead atoms. The molecule has 1 aromatic carbocycles. The predicted octanol–water partition coefficient (Wildman–Crippen LogP) is 1.90. The van der Waals surface area contributed by atoms with E-state index < -0.39 is 4.92 Å². The Morgan fingerprint density at radius 3 is 2.44 bits per heavy atom. The number of carbonyl (C=O) groups excluding carboxylic acids is 2. The van der Waals surface area contributed by atoms with Crippen molar-refractivity contribution in [3.8, 4) is 11.3 Å². The first-order chi connectivity index (χ1) is 15.5. The van der Waals surface area contributed by atoms with Crippen LogP contribution in [0, 0.1) is 10.1 Å². The van der Waals surface area contributed by atoms with Crippen molar-refractivity contribution in [2.24, 2.45) is 0 Å². The van der Waals surface area contributed by atoms with Gasteiger partial charge in [0.15, 0.2) is 5.13 Å². The molecule has 2 aliphatic heterocycles. The summed E-state index contributed by atoms with van der Waals surface area (Å²) in [4.78, 5) is 45.8. The number of anilines is 1. The van der Waals surface area contributed by atoms with Crippen LogP contribution in [-0.4, -0.2) is 88.8 Å². The van der Waals surface area contributed by atoms with Gasteiger partial charge < -0.3 is 10.2 Å². The average molecular weight is 459 g/mol. The Morgan fingerprint density at radius 1 is 1.06 bits per heavy atom. The number of hydrogen-bond donors (Lipinski definition) is 1. The van der Waals surface area contributed by atoms with E-state index in [1.807, 2.05) is 4.90 Å². The number of hydrogen-bond acceptors (Lipinski definition) is 8. The third-order valence-electron chi connectivity index (χ3n) is 5.75. The zero-order chi connectivity index (χ0) is 22.5.